The van der Waals surface area contributed by atoms with Gasteiger partial charge in [-0.3, -0.25) is 0 Å². The molecule has 0 radical (unpaired) electrons. The number of ether oxygens (including phenoxy) is 2. The molecule has 0 aromatic carbocycles. The number of hydrogen-bond donors (Lipinski definition) is 0. The lowest BCUT2D eigenvalue weighted by Crippen LogP contribution is -2.45. The van der Waals surface area contributed by atoms with Gasteiger partial charge in [-0.25, -0.2) is 0 Å². The monoisotopic (exact) mass is 266 g/mol. The van der Waals surface area contributed by atoms with Crippen LogP contribution in [0.3, 0.4) is 0 Å². The number of rotatable bonds is 5. The largest absolute Gasteiger partial charge is 0.380 e. The molecule has 2 nitrogen and oxygen atoms in total. The third-order valence-corrected chi connectivity index (χ3v) is 4.97. The maximum Gasteiger partial charge on any atom is 0.101 e. The topological polar surface area (TPSA) is 21.8 Å². The van der Waals surface area contributed by atoms with Crippen LogP contribution in [0.1, 0.15) is 53.4 Å². The van der Waals surface area contributed by atoms with E-state index < -0.39 is 0 Å². The quantitative estimate of drug-likeness (QED) is 0.549. The smallest absolute Gasteiger partial charge is 0.101 e. The van der Waals surface area contributed by atoms with Crippen molar-refractivity contribution in [1.82, 2.24) is 0 Å². The van der Waals surface area contributed by atoms with E-state index in [0.29, 0.717) is 17.9 Å². The van der Waals surface area contributed by atoms with Gasteiger partial charge in [0.25, 0.3) is 0 Å². The Balaban J connectivity index is 2.08. The van der Waals surface area contributed by atoms with Crippen LogP contribution >= 0.6 is 0 Å². The van der Waals surface area contributed by atoms with Crippen molar-refractivity contribution in [2.45, 2.75) is 65.1 Å². The molecule has 2 fully saturated rings. The summed E-state index contributed by atoms with van der Waals surface area (Å²) in [7, 11) is 1.86. The SMILES string of the molecule is CO[C@@H]1[C@H](C)CC[C@]2(CO2)[C@H]1/C(C)=C/CCC(C)C. The van der Waals surface area contributed by atoms with E-state index in [-0.39, 0.29) is 5.60 Å². The molecule has 0 aromatic heterocycles. The van der Waals surface area contributed by atoms with Crippen molar-refractivity contribution in [3.63, 3.8) is 0 Å². The summed E-state index contributed by atoms with van der Waals surface area (Å²) < 4.78 is 11.7. The van der Waals surface area contributed by atoms with E-state index in [0.717, 1.165) is 12.5 Å². The van der Waals surface area contributed by atoms with Gasteiger partial charge < -0.3 is 9.47 Å². The molecule has 2 heteroatoms. The third-order valence-electron chi connectivity index (χ3n) is 4.97. The van der Waals surface area contributed by atoms with Crippen LogP contribution in [-0.2, 0) is 9.47 Å². The van der Waals surface area contributed by atoms with Crippen molar-refractivity contribution in [1.29, 1.82) is 0 Å². The summed E-state index contributed by atoms with van der Waals surface area (Å²) in [6.07, 6.45) is 7.64. The molecule has 0 aromatic rings. The van der Waals surface area contributed by atoms with Crippen molar-refractivity contribution in [3.8, 4) is 0 Å². The van der Waals surface area contributed by atoms with Crippen molar-refractivity contribution in [2.24, 2.45) is 17.8 Å². The highest BCUT2D eigenvalue weighted by Gasteiger charge is 2.58. The maximum atomic E-state index is 5.86. The molecule has 1 aliphatic carbocycles. The Morgan fingerprint density at radius 3 is 2.68 bits per heavy atom. The average molecular weight is 266 g/mol. The first-order valence-electron chi connectivity index (χ1n) is 7.83. The van der Waals surface area contributed by atoms with E-state index in [4.69, 9.17) is 9.47 Å². The molecule has 0 amide bonds. The maximum absolute atomic E-state index is 5.86. The minimum Gasteiger partial charge on any atom is -0.380 e. The van der Waals surface area contributed by atoms with Crippen LogP contribution in [0.5, 0.6) is 0 Å². The average Bonchev–Trinajstić information content (AvgIpc) is 3.12. The number of hydrogen-bond acceptors (Lipinski definition) is 2. The Hall–Kier alpha value is -0.340. The molecule has 19 heavy (non-hydrogen) atoms. The van der Waals surface area contributed by atoms with Crippen LogP contribution < -0.4 is 0 Å². The molecule has 2 aliphatic rings. The summed E-state index contributed by atoms with van der Waals surface area (Å²) in [5, 5.41) is 0. The minimum atomic E-state index is 0.117. The lowest BCUT2D eigenvalue weighted by atomic mass is 9.69. The summed E-state index contributed by atoms with van der Waals surface area (Å²) in [5.74, 6) is 1.88. The van der Waals surface area contributed by atoms with Gasteiger partial charge in [-0.2, -0.15) is 0 Å². The Bertz CT molecular complexity index is 328. The molecule has 0 unspecified atom stereocenters. The summed E-state index contributed by atoms with van der Waals surface area (Å²) in [4.78, 5) is 0. The van der Waals surface area contributed by atoms with Crippen molar-refractivity contribution < 1.29 is 9.47 Å². The fraction of sp³-hybridized carbons (Fsp3) is 0.882. The zero-order valence-electron chi connectivity index (χ0n) is 13.2. The van der Waals surface area contributed by atoms with Crippen molar-refractivity contribution in [3.05, 3.63) is 11.6 Å². The second-order valence-corrected chi connectivity index (χ2v) is 6.97. The van der Waals surface area contributed by atoms with Gasteiger partial charge in [0.05, 0.1) is 12.7 Å². The van der Waals surface area contributed by atoms with E-state index >= 15 is 0 Å². The van der Waals surface area contributed by atoms with Gasteiger partial charge in [0.2, 0.25) is 0 Å². The zero-order chi connectivity index (χ0) is 14.0. The number of epoxide rings is 1. The minimum absolute atomic E-state index is 0.117. The van der Waals surface area contributed by atoms with Crippen molar-refractivity contribution in [2.75, 3.05) is 13.7 Å². The summed E-state index contributed by atoms with van der Waals surface area (Å²) in [5.41, 5.74) is 1.60. The Morgan fingerprint density at radius 1 is 1.47 bits per heavy atom. The molecular weight excluding hydrogens is 236 g/mol. The molecular formula is C17H30O2. The van der Waals surface area contributed by atoms with Crippen LogP contribution in [-0.4, -0.2) is 25.4 Å². The molecule has 4 atom stereocenters. The van der Waals surface area contributed by atoms with E-state index in [1.54, 1.807) is 0 Å². The molecule has 0 bridgehead atoms. The second-order valence-electron chi connectivity index (χ2n) is 6.97. The molecule has 1 aliphatic heterocycles. The van der Waals surface area contributed by atoms with E-state index in [1.807, 2.05) is 7.11 Å². The Labute approximate surface area is 118 Å². The van der Waals surface area contributed by atoms with E-state index in [1.165, 1.54) is 31.3 Å². The zero-order valence-corrected chi connectivity index (χ0v) is 13.2. The van der Waals surface area contributed by atoms with Crippen LogP contribution in [0.4, 0.5) is 0 Å². The first-order valence-corrected chi connectivity index (χ1v) is 7.83. The molecule has 110 valence electrons. The fourth-order valence-electron chi connectivity index (χ4n) is 3.65. The lowest BCUT2D eigenvalue weighted by Gasteiger charge is -2.40. The fourth-order valence-corrected chi connectivity index (χ4v) is 3.65. The summed E-state index contributed by atoms with van der Waals surface area (Å²) >= 11 is 0. The lowest BCUT2D eigenvalue weighted by molar-refractivity contribution is -0.0360. The third kappa shape index (κ3) is 3.22. The highest BCUT2D eigenvalue weighted by atomic mass is 16.6. The predicted octanol–water partition coefficient (Wildman–Crippen LogP) is 4.20. The van der Waals surface area contributed by atoms with Crippen molar-refractivity contribution >= 4 is 0 Å². The molecule has 1 saturated carbocycles. The summed E-state index contributed by atoms with van der Waals surface area (Å²) in [6, 6.07) is 0. The number of methoxy groups -OCH3 is 1. The molecule has 1 spiro atoms. The molecule has 1 heterocycles. The number of allylic oxidation sites excluding steroid dienone is 1. The van der Waals surface area contributed by atoms with Crippen LogP contribution in [0.15, 0.2) is 11.6 Å². The predicted molar refractivity (Wildman–Crippen MR) is 79.2 cm³/mol. The van der Waals surface area contributed by atoms with Gasteiger partial charge >= 0.3 is 0 Å². The Kier molecular flexibility index (Phi) is 4.73. The van der Waals surface area contributed by atoms with E-state index in [9.17, 15) is 0 Å². The van der Waals surface area contributed by atoms with Gasteiger partial charge in [0, 0.05) is 13.0 Å². The van der Waals surface area contributed by atoms with Gasteiger partial charge in [0.15, 0.2) is 0 Å². The first-order chi connectivity index (χ1) is 9.00. The summed E-state index contributed by atoms with van der Waals surface area (Å²) in [6.45, 7) is 10.1. The normalized spacial score (nSPS) is 39.1. The van der Waals surface area contributed by atoms with Crippen LogP contribution in [0.25, 0.3) is 0 Å². The van der Waals surface area contributed by atoms with Crippen LogP contribution in [0.2, 0.25) is 0 Å². The van der Waals surface area contributed by atoms with Gasteiger partial charge in [-0.15, -0.1) is 0 Å². The van der Waals surface area contributed by atoms with Gasteiger partial charge in [-0.05, 0) is 44.4 Å². The van der Waals surface area contributed by atoms with Crippen LogP contribution in [0, 0.1) is 17.8 Å². The Morgan fingerprint density at radius 2 is 2.16 bits per heavy atom. The highest BCUT2D eigenvalue weighted by molar-refractivity contribution is 5.20. The second kappa shape index (κ2) is 5.97. The molecule has 0 N–H and O–H groups in total. The molecule has 1 saturated heterocycles. The first kappa shape index (κ1) is 15.1. The van der Waals surface area contributed by atoms with Gasteiger partial charge in [-0.1, -0.05) is 32.4 Å². The van der Waals surface area contributed by atoms with E-state index in [2.05, 4.69) is 33.8 Å². The molecule has 2 rings (SSSR count). The van der Waals surface area contributed by atoms with Gasteiger partial charge in [0.1, 0.15) is 5.60 Å². The highest BCUT2D eigenvalue weighted by Crippen LogP contribution is 2.51. The standard InChI is InChI=1S/C17H30O2/c1-12(2)7-6-8-13(3)15-16(18-5)14(4)9-10-17(15)11-19-17/h8,12,14-16H,6-7,9-11H2,1-5H3/b13-8+/t14-,15+,16-,17+/m1/s1.